The van der Waals surface area contributed by atoms with Crippen LogP contribution >= 0.6 is 15.9 Å². The summed E-state index contributed by atoms with van der Waals surface area (Å²) in [6, 6.07) is 11.6. The van der Waals surface area contributed by atoms with Crippen molar-refractivity contribution in [2.24, 2.45) is 0 Å². The van der Waals surface area contributed by atoms with Gasteiger partial charge < -0.3 is 15.0 Å². The largest absolute Gasteiger partial charge is 0.465 e. The zero-order valence-corrected chi connectivity index (χ0v) is 16.3. The molecule has 0 fully saturated rings. The number of halogens is 1. The molecule has 0 saturated carbocycles. The van der Waals surface area contributed by atoms with E-state index in [2.05, 4.69) is 26.0 Å². The first-order chi connectivity index (χ1) is 12.3. The fourth-order valence-electron chi connectivity index (χ4n) is 2.33. The summed E-state index contributed by atoms with van der Waals surface area (Å²) >= 11 is 3.37. The Bertz CT molecular complexity index is 834. The summed E-state index contributed by atoms with van der Waals surface area (Å²) in [7, 11) is 2.84. The van der Waals surface area contributed by atoms with Gasteiger partial charge in [0.2, 0.25) is 5.91 Å². The maximum atomic E-state index is 12.4. The fraction of sp³-hybridized carbons (Fsp3) is 0.211. The second kappa shape index (κ2) is 8.62. The number of benzene rings is 2. The predicted octanol–water partition coefficient (Wildman–Crippen LogP) is 3.25. The van der Waals surface area contributed by atoms with E-state index in [-0.39, 0.29) is 18.4 Å². The quantitative estimate of drug-likeness (QED) is 0.755. The van der Waals surface area contributed by atoms with E-state index in [1.54, 1.807) is 13.1 Å². The van der Waals surface area contributed by atoms with Crippen LogP contribution in [0.1, 0.15) is 26.3 Å². The highest BCUT2D eigenvalue weighted by Crippen LogP contribution is 2.20. The number of likely N-dealkylation sites (N-methyl/N-ethyl adjacent to an activating group) is 1. The summed E-state index contributed by atoms with van der Waals surface area (Å²) in [5.74, 6) is -1.08. The molecule has 0 heterocycles. The number of carbonyl (C=O) groups excluding carboxylic acids is 3. The molecule has 136 valence electrons. The maximum Gasteiger partial charge on any atom is 0.337 e. The lowest BCUT2D eigenvalue weighted by Gasteiger charge is -2.17. The Morgan fingerprint density at radius 1 is 1.08 bits per heavy atom. The highest BCUT2D eigenvalue weighted by molar-refractivity contribution is 9.10. The molecule has 2 aromatic carbocycles. The molecule has 7 heteroatoms. The van der Waals surface area contributed by atoms with Crippen LogP contribution in [0, 0.1) is 6.92 Å². The summed E-state index contributed by atoms with van der Waals surface area (Å²) < 4.78 is 5.55. The first-order valence-electron chi connectivity index (χ1n) is 7.81. The second-order valence-electron chi connectivity index (χ2n) is 5.74. The molecule has 0 aliphatic carbocycles. The Kier molecular flexibility index (Phi) is 6.52. The molecule has 0 bridgehead atoms. The summed E-state index contributed by atoms with van der Waals surface area (Å²) in [5.41, 5.74) is 2.35. The van der Waals surface area contributed by atoms with E-state index in [0.29, 0.717) is 16.8 Å². The molecule has 2 amide bonds. The number of ether oxygens (including phenoxy) is 1. The minimum absolute atomic E-state index is 0.0902. The number of methoxy groups -OCH3 is 1. The third-order valence-corrected chi connectivity index (χ3v) is 4.24. The van der Waals surface area contributed by atoms with Crippen LogP contribution in [0.25, 0.3) is 0 Å². The van der Waals surface area contributed by atoms with E-state index in [4.69, 9.17) is 0 Å². The van der Waals surface area contributed by atoms with Gasteiger partial charge in [-0.25, -0.2) is 4.79 Å². The fourth-order valence-corrected chi connectivity index (χ4v) is 2.81. The van der Waals surface area contributed by atoms with E-state index in [0.717, 1.165) is 10.0 Å². The predicted molar refractivity (Wildman–Crippen MR) is 102 cm³/mol. The third-order valence-electron chi connectivity index (χ3n) is 3.74. The molecule has 1 N–H and O–H groups in total. The Hall–Kier alpha value is -2.67. The number of hydrogen-bond donors (Lipinski definition) is 1. The highest BCUT2D eigenvalue weighted by atomic mass is 79.9. The molecule has 26 heavy (non-hydrogen) atoms. The first kappa shape index (κ1) is 19.7. The number of nitrogens with zero attached hydrogens (tertiary/aromatic N) is 1. The van der Waals surface area contributed by atoms with Crippen LogP contribution in [0.5, 0.6) is 0 Å². The number of esters is 1. The van der Waals surface area contributed by atoms with Gasteiger partial charge in [-0.15, -0.1) is 0 Å². The number of hydrogen-bond acceptors (Lipinski definition) is 4. The second-order valence-corrected chi connectivity index (χ2v) is 6.65. The SMILES string of the molecule is COC(=O)c1ccc(C(=O)N(C)CC(=O)Nc2ccc(Br)cc2C)cc1. The number of amides is 2. The minimum Gasteiger partial charge on any atom is -0.465 e. The Balaban J connectivity index is 1.99. The molecule has 0 saturated heterocycles. The highest BCUT2D eigenvalue weighted by Gasteiger charge is 2.16. The van der Waals surface area contributed by atoms with E-state index < -0.39 is 5.97 Å². The van der Waals surface area contributed by atoms with Crippen LogP contribution in [-0.4, -0.2) is 43.4 Å². The molecule has 0 aliphatic heterocycles. The summed E-state index contributed by atoms with van der Waals surface area (Å²) in [4.78, 5) is 37.4. The monoisotopic (exact) mass is 418 g/mol. The number of anilines is 1. The van der Waals surface area contributed by atoms with Gasteiger partial charge in [-0.1, -0.05) is 15.9 Å². The molecule has 6 nitrogen and oxygen atoms in total. The number of carbonyl (C=O) groups is 3. The Labute approximate surface area is 160 Å². The summed E-state index contributed by atoms with van der Waals surface area (Å²) in [5, 5.41) is 2.79. The number of aryl methyl sites for hydroxylation is 1. The maximum absolute atomic E-state index is 12.4. The van der Waals surface area contributed by atoms with Crippen molar-refractivity contribution in [2.45, 2.75) is 6.92 Å². The van der Waals surface area contributed by atoms with Crippen molar-refractivity contribution in [1.29, 1.82) is 0 Å². The molecule has 0 radical (unpaired) electrons. The summed E-state index contributed by atoms with van der Waals surface area (Å²) in [6.45, 7) is 1.80. The van der Waals surface area contributed by atoms with Crippen LogP contribution in [0.4, 0.5) is 5.69 Å². The average Bonchev–Trinajstić information content (AvgIpc) is 2.62. The molecule has 0 aliphatic rings. The third kappa shape index (κ3) is 4.92. The van der Waals surface area contributed by atoms with Gasteiger partial charge in [0.15, 0.2) is 0 Å². The topological polar surface area (TPSA) is 75.7 Å². The lowest BCUT2D eigenvalue weighted by Crippen LogP contribution is -2.35. The molecule has 2 rings (SSSR count). The zero-order chi connectivity index (χ0) is 19.3. The first-order valence-corrected chi connectivity index (χ1v) is 8.61. The molecule has 0 spiro atoms. The van der Waals surface area contributed by atoms with Gasteiger partial charge in [-0.05, 0) is 55.0 Å². The van der Waals surface area contributed by atoms with Gasteiger partial charge >= 0.3 is 5.97 Å². The molecular weight excluding hydrogens is 400 g/mol. The van der Waals surface area contributed by atoms with Gasteiger partial charge in [-0.2, -0.15) is 0 Å². The van der Waals surface area contributed by atoms with Crippen molar-refractivity contribution in [1.82, 2.24) is 4.90 Å². The minimum atomic E-state index is -0.471. The van der Waals surface area contributed by atoms with Gasteiger partial charge in [0.1, 0.15) is 0 Å². The smallest absolute Gasteiger partial charge is 0.337 e. The van der Waals surface area contributed by atoms with Crippen molar-refractivity contribution in [3.8, 4) is 0 Å². The van der Waals surface area contributed by atoms with Gasteiger partial charge in [0.25, 0.3) is 5.91 Å². The van der Waals surface area contributed by atoms with Crippen LogP contribution < -0.4 is 5.32 Å². The van der Waals surface area contributed by atoms with Crippen LogP contribution in [0.3, 0.4) is 0 Å². The van der Waals surface area contributed by atoms with Gasteiger partial charge in [-0.3, -0.25) is 9.59 Å². The van der Waals surface area contributed by atoms with Crippen molar-refractivity contribution in [3.63, 3.8) is 0 Å². The van der Waals surface area contributed by atoms with Crippen molar-refractivity contribution < 1.29 is 19.1 Å². The Morgan fingerprint density at radius 3 is 2.27 bits per heavy atom. The molecular formula is C19H19BrN2O4. The van der Waals surface area contributed by atoms with E-state index >= 15 is 0 Å². The van der Waals surface area contributed by atoms with Gasteiger partial charge in [0, 0.05) is 22.8 Å². The molecule has 2 aromatic rings. The lowest BCUT2D eigenvalue weighted by molar-refractivity contribution is -0.116. The molecule has 0 atom stereocenters. The molecule has 0 unspecified atom stereocenters. The summed E-state index contributed by atoms with van der Waals surface area (Å²) in [6.07, 6.45) is 0. The van der Waals surface area contributed by atoms with E-state index in [1.165, 1.54) is 36.3 Å². The van der Waals surface area contributed by atoms with Crippen LogP contribution in [0.15, 0.2) is 46.9 Å². The van der Waals surface area contributed by atoms with Crippen molar-refractivity contribution in [3.05, 3.63) is 63.6 Å². The average molecular weight is 419 g/mol. The van der Waals surface area contributed by atoms with E-state index in [1.807, 2.05) is 19.1 Å². The number of rotatable bonds is 5. The molecule has 0 aromatic heterocycles. The zero-order valence-electron chi connectivity index (χ0n) is 14.7. The normalized spacial score (nSPS) is 10.2. The van der Waals surface area contributed by atoms with Gasteiger partial charge in [0.05, 0.1) is 19.2 Å². The van der Waals surface area contributed by atoms with E-state index in [9.17, 15) is 14.4 Å². The van der Waals surface area contributed by atoms with Crippen LogP contribution in [0.2, 0.25) is 0 Å². The van der Waals surface area contributed by atoms with Crippen molar-refractivity contribution in [2.75, 3.05) is 26.0 Å². The Morgan fingerprint density at radius 2 is 1.69 bits per heavy atom. The standard InChI is InChI=1S/C19H19BrN2O4/c1-12-10-15(20)8-9-16(12)21-17(23)11-22(2)18(24)13-4-6-14(7-5-13)19(25)26-3/h4-10H,11H2,1-3H3,(H,21,23). The lowest BCUT2D eigenvalue weighted by atomic mass is 10.1. The number of nitrogens with one attached hydrogen (secondary N) is 1. The van der Waals surface area contributed by atoms with Crippen LogP contribution in [-0.2, 0) is 9.53 Å². The van der Waals surface area contributed by atoms with Crippen molar-refractivity contribution >= 4 is 39.4 Å².